The molecule has 1 aliphatic heterocycles. The van der Waals surface area contributed by atoms with Crippen LogP contribution < -0.4 is 9.47 Å². The second-order valence-corrected chi connectivity index (χ2v) is 6.26. The molecule has 4 heteroatoms. The van der Waals surface area contributed by atoms with Crippen molar-refractivity contribution in [1.29, 1.82) is 0 Å². The second kappa shape index (κ2) is 6.59. The molecule has 0 N–H and O–H groups in total. The number of hydrogen-bond donors (Lipinski definition) is 0. The van der Waals surface area contributed by atoms with E-state index in [1.165, 1.54) is 11.1 Å². The van der Waals surface area contributed by atoms with Gasteiger partial charge in [0.25, 0.3) is 0 Å². The van der Waals surface area contributed by atoms with Gasteiger partial charge in [0.1, 0.15) is 11.5 Å². The number of methoxy groups -OCH3 is 1. The van der Waals surface area contributed by atoms with Crippen LogP contribution in [0.2, 0.25) is 0 Å². The van der Waals surface area contributed by atoms with E-state index in [0.717, 1.165) is 54.4 Å². The van der Waals surface area contributed by atoms with Crippen molar-refractivity contribution in [3.8, 4) is 11.5 Å². The molecule has 0 amide bonds. The lowest BCUT2D eigenvalue weighted by molar-refractivity contribution is 0.312. The van der Waals surface area contributed by atoms with E-state index in [1.54, 1.807) is 7.11 Å². The van der Waals surface area contributed by atoms with Crippen molar-refractivity contribution in [3.05, 3.63) is 52.3 Å². The fourth-order valence-corrected chi connectivity index (χ4v) is 3.19. The van der Waals surface area contributed by atoms with Gasteiger partial charge >= 0.3 is 0 Å². The molecular weight excluding hydrogens is 288 g/mol. The number of hydrogen-bond acceptors (Lipinski definition) is 4. The van der Waals surface area contributed by atoms with Gasteiger partial charge < -0.3 is 9.47 Å². The lowest BCUT2D eigenvalue weighted by Gasteiger charge is -2.19. The van der Waals surface area contributed by atoms with Gasteiger partial charge in [0.15, 0.2) is 0 Å². The number of benzene rings is 1. The zero-order valence-electron chi connectivity index (χ0n) is 14.3. The molecule has 1 aromatic heterocycles. The Morgan fingerprint density at radius 1 is 1.26 bits per heavy atom. The fourth-order valence-electron chi connectivity index (χ4n) is 3.19. The van der Waals surface area contributed by atoms with Crippen LogP contribution in [-0.2, 0) is 19.5 Å². The van der Waals surface area contributed by atoms with Crippen LogP contribution in [0.15, 0.2) is 24.4 Å². The highest BCUT2D eigenvalue weighted by Gasteiger charge is 2.14. The average Bonchev–Trinajstić information content (AvgIpc) is 2.98. The molecule has 0 saturated carbocycles. The standard InChI is InChI=1S/C19H24N2O2/c1-13-10-20-17(14(2)19(13)22-4)12-21(3)11-15-5-6-18-16(9-15)7-8-23-18/h5-6,9-10H,7-8,11-12H2,1-4H3. The number of aromatic nitrogens is 1. The van der Waals surface area contributed by atoms with E-state index in [-0.39, 0.29) is 0 Å². The zero-order chi connectivity index (χ0) is 16.4. The van der Waals surface area contributed by atoms with Crippen LogP contribution in [0.3, 0.4) is 0 Å². The minimum Gasteiger partial charge on any atom is -0.496 e. The Balaban J connectivity index is 1.71. The molecule has 2 aromatic rings. The maximum absolute atomic E-state index is 5.57. The number of pyridine rings is 1. The lowest BCUT2D eigenvalue weighted by atomic mass is 10.1. The molecule has 2 heterocycles. The quantitative estimate of drug-likeness (QED) is 0.848. The molecule has 4 nitrogen and oxygen atoms in total. The van der Waals surface area contributed by atoms with Crippen LogP contribution in [0.1, 0.15) is 27.9 Å². The molecule has 1 aliphatic rings. The number of nitrogens with zero attached hydrogens (tertiary/aromatic N) is 2. The molecular formula is C19H24N2O2. The summed E-state index contributed by atoms with van der Waals surface area (Å²) in [5.41, 5.74) is 5.91. The fraction of sp³-hybridized carbons (Fsp3) is 0.421. The van der Waals surface area contributed by atoms with E-state index < -0.39 is 0 Å². The molecule has 122 valence electrons. The van der Waals surface area contributed by atoms with Crippen molar-refractivity contribution in [1.82, 2.24) is 9.88 Å². The summed E-state index contributed by atoms with van der Waals surface area (Å²) in [6, 6.07) is 6.50. The predicted molar refractivity (Wildman–Crippen MR) is 91.1 cm³/mol. The Kier molecular flexibility index (Phi) is 4.53. The van der Waals surface area contributed by atoms with E-state index in [1.807, 2.05) is 13.1 Å². The Morgan fingerprint density at radius 2 is 2.09 bits per heavy atom. The maximum Gasteiger partial charge on any atom is 0.128 e. The van der Waals surface area contributed by atoms with E-state index in [9.17, 15) is 0 Å². The summed E-state index contributed by atoms with van der Waals surface area (Å²) in [4.78, 5) is 6.86. The number of rotatable bonds is 5. The van der Waals surface area contributed by atoms with Crippen molar-refractivity contribution in [2.24, 2.45) is 0 Å². The summed E-state index contributed by atoms with van der Waals surface area (Å²) in [7, 11) is 3.84. The highest BCUT2D eigenvalue weighted by Crippen LogP contribution is 2.27. The molecule has 1 aromatic carbocycles. The molecule has 0 atom stereocenters. The first kappa shape index (κ1) is 15.8. The van der Waals surface area contributed by atoms with E-state index in [2.05, 4.69) is 42.1 Å². The largest absolute Gasteiger partial charge is 0.496 e. The third-order valence-electron chi connectivity index (χ3n) is 4.38. The molecule has 0 spiro atoms. The number of fused-ring (bicyclic) bond motifs is 1. The van der Waals surface area contributed by atoms with Crippen LogP contribution in [0.25, 0.3) is 0 Å². The third-order valence-corrected chi connectivity index (χ3v) is 4.38. The molecule has 0 aliphatic carbocycles. The highest BCUT2D eigenvalue weighted by molar-refractivity contribution is 5.41. The molecule has 0 fully saturated rings. The van der Waals surface area contributed by atoms with Crippen molar-refractivity contribution in [2.45, 2.75) is 33.4 Å². The first-order valence-electron chi connectivity index (χ1n) is 8.00. The summed E-state index contributed by atoms with van der Waals surface area (Å²) in [5, 5.41) is 0. The van der Waals surface area contributed by atoms with Gasteiger partial charge in [-0.1, -0.05) is 12.1 Å². The van der Waals surface area contributed by atoms with Crippen molar-refractivity contribution < 1.29 is 9.47 Å². The third kappa shape index (κ3) is 3.32. The minimum atomic E-state index is 0.802. The van der Waals surface area contributed by atoms with Gasteiger partial charge in [-0.15, -0.1) is 0 Å². The normalized spacial score (nSPS) is 13.1. The van der Waals surface area contributed by atoms with Gasteiger partial charge in [-0.2, -0.15) is 0 Å². The Hall–Kier alpha value is -2.07. The molecule has 23 heavy (non-hydrogen) atoms. The zero-order valence-corrected chi connectivity index (χ0v) is 14.3. The first-order valence-corrected chi connectivity index (χ1v) is 8.00. The van der Waals surface area contributed by atoms with Crippen LogP contribution >= 0.6 is 0 Å². The first-order chi connectivity index (χ1) is 11.1. The second-order valence-electron chi connectivity index (χ2n) is 6.26. The molecule has 0 bridgehead atoms. The van der Waals surface area contributed by atoms with Gasteiger partial charge in [0, 0.05) is 36.8 Å². The van der Waals surface area contributed by atoms with E-state index >= 15 is 0 Å². The number of ether oxygens (including phenoxy) is 2. The molecule has 3 rings (SSSR count). The topological polar surface area (TPSA) is 34.6 Å². The van der Waals surface area contributed by atoms with Crippen LogP contribution in [-0.4, -0.2) is 30.6 Å². The summed E-state index contributed by atoms with van der Waals surface area (Å²) >= 11 is 0. The Bertz CT molecular complexity index is 713. The molecule has 0 radical (unpaired) electrons. The predicted octanol–water partition coefficient (Wildman–Crippen LogP) is 3.27. The van der Waals surface area contributed by atoms with Crippen molar-refractivity contribution in [3.63, 3.8) is 0 Å². The van der Waals surface area contributed by atoms with Crippen LogP contribution in [0.4, 0.5) is 0 Å². The van der Waals surface area contributed by atoms with E-state index in [0.29, 0.717) is 0 Å². The van der Waals surface area contributed by atoms with Crippen LogP contribution in [0.5, 0.6) is 11.5 Å². The van der Waals surface area contributed by atoms with Gasteiger partial charge in [-0.3, -0.25) is 9.88 Å². The monoisotopic (exact) mass is 312 g/mol. The lowest BCUT2D eigenvalue weighted by Crippen LogP contribution is -2.19. The van der Waals surface area contributed by atoms with Gasteiger partial charge in [0.05, 0.1) is 19.4 Å². The Labute approximate surface area is 138 Å². The van der Waals surface area contributed by atoms with Gasteiger partial charge in [-0.05, 0) is 38.1 Å². The smallest absolute Gasteiger partial charge is 0.128 e. The molecule has 0 saturated heterocycles. The minimum absolute atomic E-state index is 0.802. The number of aryl methyl sites for hydroxylation is 1. The maximum atomic E-state index is 5.57. The average molecular weight is 312 g/mol. The summed E-state index contributed by atoms with van der Waals surface area (Å²) in [6.45, 7) is 6.61. The SMILES string of the molecule is COc1c(C)cnc(CN(C)Cc2ccc3c(c2)CCO3)c1C. The van der Waals surface area contributed by atoms with Gasteiger partial charge in [0.2, 0.25) is 0 Å². The summed E-state index contributed by atoms with van der Waals surface area (Å²) in [6.07, 6.45) is 2.91. The van der Waals surface area contributed by atoms with Crippen molar-refractivity contribution in [2.75, 3.05) is 20.8 Å². The summed E-state index contributed by atoms with van der Waals surface area (Å²) < 4.78 is 11.1. The van der Waals surface area contributed by atoms with Crippen molar-refractivity contribution >= 4 is 0 Å². The van der Waals surface area contributed by atoms with Gasteiger partial charge in [-0.25, -0.2) is 0 Å². The van der Waals surface area contributed by atoms with Crippen LogP contribution in [0, 0.1) is 13.8 Å². The summed E-state index contributed by atoms with van der Waals surface area (Å²) in [5.74, 6) is 1.98. The van der Waals surface area contributed by atoms with E-state index in [4.69, 9.17) is 9.47 Å². The molecule has 0 unspecified atom stereocenters. The Morgan fingerprint density at radius 3 is 2.87 bits per heavy atom. The highest BCUT2D eigenvalue weighted by atomic mass is 16.5.